The average molecular weight is 318 g/mol. The molecule has 2 aromatic rings. The van der Waals surface area contributed by atoms with Crippen molar-refractivity contribution < 1.29 is 9.53 Å². The predicted molar refractivity (Wildman–Crippen MR) is 69.0 cm³/mol. The highest BCUT2D eigenvalue weighted by molar-refractivity contribution is 9.10. The number of carbonyl (C=O) groups is 1. The van der Waals surface area contributed by atoms with E-state index < -0.39 is 0 Å². The number of fused-ring (bicyclic) bond motifs is 1. The van der Waals surface area contributed by atoms with E-state index in [0.717, 1.165) is 15.5 Å². The number of hydrogen-bond donors (Lipinski definition) is 0. The number of imidazole rings is 1. The molecule has 90 valence electrons. The van der Waals surface area contributed by atoms with Gasteiger partial charge in [-0.25, -0.2) is 4.98 Å². The minimum atomic E-state index is -0.323. The van der Waals surface area contributed by atoms with Gasteiger partial charge in [0.2, 0.25) is 0 Å². The van der Waals surface area contributed by atoms with Crippen LogP contribution >= 0.6 is 27.5 Å². The van der Waals surface area contributed by atoms with Crippen LogP contribution in [0.4, 0.5) is 0 Å². The van der Waals surface area contributed by atoms with Crippen molar-refractivity contribution in [1.82, 2.24) is 9.55 Å². The number of alkyl halides is 1. The number of halogens is 2. The normalized spacial score (nSPS) is 10.8. The molecule has 6 heteroatoms. The molecule has 0 aliphatic rings. The lowest BCUT2D eigenvalue weighted by Crippen LogP contribution is -2.13. The van der Waals surface area contributed by atoms with Crippen LogP contribution in [0.1, 0.15) is 5.82 Å². The van der Waals surface area contributed by atoms with Gasteiger partial charge in [-0.1, -0.05) is 15.9 Å². The molecule has 0 atom stereocenters. The van der Waals surface area contributed by atoms with Crippen LogP contribution in [0, 0.1) is 0 Å². The summed E-state index contributed by atoms with van der Waals surface area (Å²) >= 11 is 9.21. The molecule has 0 saturated carbocycles. The van der Waals surface area contributed by atoms with Gasteiger partial charge in [0.15, 0.2) is 0 Å². The third-order valence-corrected chi connectivity index (χ3v) is 3.16. The Morgan fingerprint density at radius 1 is 1.59 bits per heavy atom. The molecule has 4 nitrogen and oxygen atoms in total. The number of esters is 1. The Morgan fingerprint density at radius 2 is 2.35 bits per heavy atom. The van der Waals surface area contributed by atoms with Gasteiger partial charge < -0.3 is 9.30 Å². The molecule has 0 aliphatic heterocycles. The van der Waals surface area contributed by atoms with E-state index in [-0.39, 0.29) is 18.4 Å². The Hall–Kier alpha value is -1.07. The highest BCUT2D eigenvalue weighted by atomic mass is 79.9. The molecule has 17 heavy (non-hydrogen) atoms. The fourth-order valence-electron chi connectivity index (χ4n) is 1.62. The number of hydrogen-bond acceptors (Lipinski definition) is 3. The minimum absolute atomic E-state index is 0.117. The molecule has 0 amide bonds. The first-order valence-electron chi connectivity index (χ1n) is 4.93. The van der Waals surface area contributed by atoms with E-state index in [1.807, 2.05) is 18.2 Å². The molecule has 1 aromatic heterocycles. The zero-order chi connectivity index (χ0) is 12.4. The number of nitrogens with zero attached hydrogens (tertiary/aromatic N) is 2. The van der Waals surface area contributed by atoms with Gasteiger partial charge in [-0.3, -0.25) is 4.79 Å². The lowest BCUT2D eigenvalue weighted by molar-refractivity contribution is -0.141. The van der Waals surface area contributed by atoms with Crippen molar-refractivity contribution in [1.29, 1.82) is 0 Å². The van der Waals surface area contributed by atoms with Crippen molar-refractivity contribution in [2.45, 2.75) is 12.4 Å². The van der Waals surface area contributed by atoms with Gasteiger partial charge in [-0.2, -0.15) is 0 Å². The summed E-state index contributed by atoms with van der Waals surface area (Å²) in [5, 5.41) is 0. The Labute approximate surface area is 112 Å². The zero-order valence-electron chi connectivity index (χ0n) is 9.11. The van der Waals surface area contributed by atoms with Crippen LogP contribution in [-0.2, 0) is 22.0 Å². The maximum absolute atomic E-state index is 11.4. The standard InChI is InChI=1S/C11H10BrClN2O2/c1-17-11(16)6-15-9-4-7(12)2-3-8(9)14-10(15)5-13/h2-4H,5-6H2,1H3. The second-order valence-electron chi connectivity index (χ2n) is 3.46. The van der Waals surface area contributed by atoms with Crippen LogP contribution in [0.3, 0.4) is 0 Å². The van der Waals surface area contributed by atoms with Gasteiger partial charge in [0, 0.05) is 4.47 Å². The zero-order valence-corrected chi connectivity index (χ0v) is 11.5. The maximum atomic E-state index is 11.4. The van der Waals surface area contributed by atoms with E-state index in [1.54, 1.807) is 4.57 Å². The molecular formula is C11H10BrClN2O2. The van der Waals surface area contributed by atoms with Crippen LogP contribution < -0.4 is 0 Å². The van der Waals surface area contributed by atoms with Crippen LogP contribution in [0.25, 0.3) is 11.0 Å². The highest BCUT2D eigenvalue weighted by Gasteiger charge is 2.13. The number of carbonyl (C=O) groups excluding carboxylic acids is 1. The summed E-state index contributed by atoms with van der Waals surface area (Å²) in [5.41, 5.74) is 1.67. The van der Waals surface area contributed by atoms with Crippen molar-refractivity contribution in [3.63, 3.8) is 0 Å². The van der Waals surface area contributed by atoms with E-state index in [1.165, 1.54) is 7.11 Å². The molecule has 0 saturated heterocycles. The molecule has 0 aliphatic carbocycles. The first kappa shape index (κ1) is 12.4. The average Bonchev–Trinajstić information content (AvgIpc) is 2.67. The van der Waals surface area contributed by atoms with E-state index >= 15 is 0 Å². The molecule has 0 unspecified atom stereocenters. The predicted octanol–water partition coefficient (Wildman–Crippen LogP) is 2.71. The third-order valence-electron chi connectivity index (χ3n) is 2.42. The van der Waals surface area contributed by atoms with Crippen molar-refractivity contribution in [3.05, 3.63) is 28.5 Å². The van der Waals surface area contributed by atoms with Gasteiger partial charge in [-0.15, -0.1) is 11.6 Å². The molecule has 0 N–H and O–H groups in total. The number of ether oxygens (including phenoxy) is 1. The first-order valence-corrected chi connectivity index (χ1v) is 6.26. The maximum Gasteiger partial charge on any atom is 0.325 e. The summed E-state index contributed by atoms with van der Waals surface area (Å²) in [5.74, 6) is 0.587. The fraction of sp³-hybridized carbons (Fsp3) is 0.273. The van der Waals surface area contributed by atoms with Crippen molar-refractivity contribution in [2.24, 2.45) is 0 Å². The van der Waals surface area contributed by atoms with E-state index in [0.29, 0.717) is 5.82 Å². The largest absolute Gasteiger partial charge is 0.468 e. The third kappa shape index (κ3) is 2.45. The van der Waals surface area contributed by atoms with Crippen LogP contribution in [-0.4, -0.2) is 22.6 Å². The second kappa shape index (κ2) is 5.06. The lowest BCUT2D eigenvalue weighted by Gasteiger charge is -2.05. The smallest absolute Gasteiger partial charge is 0.325 e. The van der Waals surface area contributed by atoms with Crippen LogP contribution in [0.5, 0.6) is 0 Å². The monoisotopic (exact) mass is 316 g/mol. The first-order chi connectivity index (χ1) is 8.15. The van der Waals surface area contributed by atoms with Gasteiger partial charge in [0.25, 0.3) is 0 Å². The summed E-state index contributed by atoms with van der Waals surface area (Å²) < 4.78 is 7.35. The van der Waals surface area contributed by atoms with Crippen LogP contribution in [0.2, 0.25) is 0 Å². The van der Waals surface area contributed by atoms with E-state index in [4.69, 9.17) is 11.6 Å². The second-order valence-corrected chi connectivity index (χ2v) is 4.64. The highest BCUT2D eigenvalue weighted by Crippen LogP contribution is 2.22. The summed E-state index contributed by atoms with van der Waals surface area (Å²) in [7, 11) is 1.36. The molecule has 1 aromatic carbocycles. The molecule has 0 fully saturated rings. The van der Waals surface area contributed by atoms with Crippen molar-refractivity contribution >= 4 is 44.5 Å². The van der Waals surface area contributed by atoms with Crippen LogP contribution in [0.15, 0.2) is 22.7 Å². The summed E-state index contributed by atoms with van der Waals surface area (Å²) in [6.45, 7) is 0.117. The molecule has 1 heterocycles. The SMILES string of the molecule is COC(=O)Cn1c(CCl)nc2ccc(Br)cc21. The molecule has 0 bridgehead atoms. The number of aromatic nitrogens is 2. The van der Waals surface area contributed by atoms with Gasteiger partial charge >= 0.3 is 5.97 Å². The quantitative estimate of drug-likeness (QED) is 0.646. The molecule has 0 radical (unpaired) electrons. The number of rotatable bonds is 3. The Morgan fingerprint density at radius 3 is 3.00 bits per heavy atom. The van der Waals surface area contributed by atoms with Crippen molar-refractivity contribution in [3.8, 4) is 0 Å². The van der Waals surface area contributed by atoms with Crippen molar-refractivity contribution in [2.75, 3.05) is 7.11 Å². The van der Waals surface area contributed by atoms with E-state index in [9.17, 15) is 4.79 Å². The minimum Gasteiger partial charge on any atom is -0.468 e. The molecule has 0 spiro atoms. The van der Waals surface area contributed by atoms with Gasteiger partial charge in [-0.05, 0) is 18.2 Å². The lowest BCUT2D eigenvalue weighted by atomic mass is 10.3. The summed E-state index contributed by atoms with van der Waals surface area (Å²) in [4.78, 5) is 15.7. The summed E-state index contributed by atoms with van der Waals surface area (Å²) in [6, 6.07) is 5.68. The summed E-state index contributed by atoms with van der Waals surface area (Å²) in [6.07, 6.45) is 0. The van der Waals surface area contributed by atoms with Gasteiger partial charge in [0.1, 0.15) is 12.4 Å². The molecular weight excluding hydrogens is 307 g/mol. The fourth-order valence-corrected chi connectivity index (χ4v) is 2.17. The Kier molecular flexibility index (Phi) is 3.69. The topological polar surface area (TPSA) is 44.1 Å². The van der Waals surface area contributed by atoms with E-state index in [2.05, 4.69) is 25.7 Å². The Bertz CT molecular complexity index is 568. The van der Waals surface area contributed by atoms with Gasteiger partial charge in [0.05, 0.1) is 24.0 Å². The Balaban J connectivity index is 2.56. The number of methoxy groups -OCH3 is 1. The number of benzene rings is 1. The molecule has 2 rings (SSSR count).